The molecule has 3 heterocycles. The van der Waals surface area contributed by atoms with Crippen molar-refractivity contribution in [3.8, 4) is 11.5 Å². The second-order valence-corrected chi connectivity index (χ2v) is 6.01. The van der Waals surface area contributed by atoms with Crippen molar-refractivity contribution in [2.45, 2.75) is 12.5 Å². The van der Waals surface area contributed by atoms with Crippen molar-refractivity contribution < 1.29 is 13.9 Å². The quantitative estimate of drug-likeness (QED) is 0.508. The molecular weight excluding hydrogens is 351 g/mol. The van der Waals surface area contributed by atoms with Gasteiger partial charge in [-0.3, -0.25) is 0 Å². The standard InChI is InChI=1S/C17H10Cl2N2O3/c18-10-5-2-1-4-9(10)8-12-15-13(16(22)24-12)14(20-17(19)21-15)11-6-3-7-23-11/h1-7,12H,8H2. The number of hydrogen-bond acceptors (Lipinski definition) is 5. The molecule has 0 amide bonds. The van der Waals surface area contributed by atoms with Crippen LogP contribution in [0.15, 0.2) is 47.1 Å². The molecule has 1 aliphatic rings. The van der Waals surface area contributed by atoms with Crippen molar-refractivity contribution in [1.29, 1.82) is 0 Å². The van der Waals surface area contributed by atoms with Crippen LogP contribution in [0.1, 0.15) is 27.7 Å². The first-order chi connectivity index (χ1) is 11.6. The molecule has 0 fully saturated rings. The Morgan fingerprint density at radius 2 is 1.92 bits per heavy atom. The van der Waals surface area contributed by atoms with E-state index in [2.05, 4.69) is 9.97 Å². The number of carbonyl (C=O) groups excluding carboxylic acids is 1. The lowest BCUT2D eigenvalue weighted by Crippen LogP contribution is -2.05. The van der Waals surface area contributed by atoms with Crippen LogP contribution in [-0.4, -0.2) is 15.9 Å². The molecule has 1 atom stereocenters. The van der Waals surface area contributed by atoms with Gasteiger partial charge < -0.3 is 9.15 Å². The number of esters is 1. The van der Waals surface area contributed by atoms with E-state index < -0.39 is 12.1 Å². The van der Waals surface area contributed by atoms with Crippen molar-refractivity contribution >= 4 is 29.2 Å². The third kappa shape index (κ3) is 2.56. The average Bonchev–Trinajstić information content (AvgIpc) is 3.18. The molecule has 0 N–H and O–H groups in total. The smallest absolute Gasteiger partial charge is 0.343 e. The Hall–Kier alpha value is -2.37. The molecular formula is C17H10Cl2N2O3. The number of fused-ring (bicyclic) bond motifs is 1. The largest absolute Gasteiger partial charge is 0.463 e. The molecule has 0 saturated heterocycles. The Kier molecular flexibility index (Phi) is 3.75. The first-order valence-corrected chi connectivity index (χ1v) is 7.95. The van der Waals surface area contributed by atoms with Gasteiger partial charge in [0.05, 0.1) is 6.26 Å². The second-order valence-electron chi connectivity index (χ2n) is 5.27. The second kappa shape index (κ2) is 5.92. The van der Waals surface area contributed by atoms with E-state index in [1.807, 2.05) is 18.2 Å². The van der Waals surface area contributed by atoms with Gasteiger partial charge in [-0.2, -0.15) is 0 Å². The third-order valence-electron chi connectivity index (χ3n) is 3.79. The summed E-state index contributed by atoms with van der Waals surface area (Å²) in [4.78, 5) is 20.7. The normalized spacial score (nSPS) is 16.1. The Morgan fingerprint density at radius 3 is 2.67 bits per heavy atom. The van der Waals surface area contributed by atoms with Gasteiger partial charge in [-0.05, 0) is 35.4 Å². The summed E-state index contributed by atoms with van der Waals surface area (Å²) in [5.41, 5.74) is 1.93. The highest BCUT2D eigenvalue weighted by atomic mass is 35.5. The number of rotatable bonds is 3. The summed E-state index contributed by atoms with van der Waals surface area (Å²) in [6.07, 6.45) is 1.34. The van der Waals surface area contributed by atoms with E-state index in [9.17, 15) is 4.79 Å². The highest BCUT2D eigenvalue weighted by molar-refractivity contribution is 6.31. The third-order valence-corrected chi connectivity index (χ3v) is 4.32. The lowest BCUT2D eigenvalue weighted by Gasteiger charge is -2.11. The maximum atomic E-state index is 12.4. The number of aromatic nitrogens is 2. The summed E-state index contributed by atoms with van der Waals surface area (Å²) in [5.74, 6) is -0.0592. The van der Waals surface area contributed by atoms with Crippen LogP contribution in [0.4, 0.5) is 0 Å². The predicted octanol–water partition coefficient (Wildman–Crippen LogP) is 4.50. The van der Waals surface area contributed by atoms with Crippen molar-refractivity contribution in [2.24, 2.45) is 0 Å². The summed E-state index contributed by atoms with van der Waals surface area (Å²) in [7, 11) is 0. The molecule has 2 aromatic heterocycles. The van der Waals surface area contributed by atoms with Crippen LogP contribution in [0.25, 0.3) is 11.5 Å². The number of ether oxygens (including phenoxy) is 1. The van der Waals surface area contributed by atoms with Crippen LogP contribution in [-0.2, 0) is 11.2 Å². The summed E-state index contributed by atoms with van der Waals surface area (Å²) >= 11 is 12.2. The zero-order valence-corrected chi connectivity index (χ0v) is 13.7. The minimum absolute atomic E-state index is 0.0302. The predicted molar refractivity (Wildman–Crippen MR) is 88.1 cm³/mol. The molecule has 3 aromatic rings. The number of nitrogens with zero attached hydrogens (tertiary/aromatic N) is 2. The number of hydrogen-bond donors (Lipinski definition) is 0. The topological polar surface area (TPSA) is 65.2 Å². The first kappa shape index (κ1) is 15.2. The number of furan rings is 1. The zero-order valence-electron chi connectivity index (χ0n) is 12.2. The minimum Gasteiger partial charge on any atom is -0.463 e. The van der Waals surface area contributed by atoms with Crippen molar-refractivity contribution in [3.05, 3.63) is 69.8 Å². The number of benzene rings is 1. The van der Waals surface area contributed by atoms with E-state index in [0.29, 0.717) is 28.6 Å². The molecule has 0 aliphatic carbocycles. The summed E-state index contributed by atoms with van der Waals surface area (Å²) in [6.45, 7) is 0. The fourth-order valence-electron chi connectivity index (χ4n) is 2.72. The first-order valence-electron chi connectivity index (χ1n) is 7.19. The van der Waals surface area contributed by atoms with Crippen molar-refractivity contribution in [1.82, 2.24) is 9.97 Å². The SMILES string of the molecule is O=C1OC(Cc2ccccc2Cl)c2nc(Cl)nc(-c3ccco3)c21. The van der Waals surface area contributed by atoms with Gasteiger partial charge in [0.25, 0.3) is 0 Å². The molecule has 120 valence electrons. The molecule has 4 rings (SSSR count). The van der Waals surface area contributed by atoms with Crippen LogP contribution in [0.2, 0.25) is 10.3 Å². The Bertz CT molecular complexity index is 926. The molecule has 0 radical (unpaired) electrons. The molecule has 1 aliphatic heterocycles. The van der Waals surface area contributed by atoms with Crippen LogP contribution in [0, 0.1) is 0 Å². The van der Waals surface area contributed by atoms with Gasteiger partial charge in [0, 0.05) is 11.4 Å². The Balaban J connectivity index is 1.79. The highest BCUT2D eigenvalue weighted by Crippen LogP contribution is 2.38. The highest BCUT2D eigenvalue weighted by Gasteiger charge is 2.37. The van der Waals surface area contributed by atoms with Gasteiger partial charge in [-0.25, -0.2) is 14.8 Å². The fraction of sp³-hybridized carbons (Fsp3) is 0.118. The van der Waals surface area contributed by atoms with Crippen LogP contribution in [0.3, 0.4) is 0 Å². The molecule has 5 nitrogen and oxygen atoms in total. The molecule has 7 heteroatoms. The van der Waals surface area contributed by atoms with E-state index in [-0.39, 0.29) is 10.8 Å². The average molecular weight is 361 g/mol. The minimum atomic E-state index is -0.568. The number of halogens is 2. The molecule has 0 spiro atoms. The zero-order chi connectivity index (χ0) is 16.7. The van der Waals surface area contributed by atoms with E-state index in [0.717, 1.165) is 5.56 Å². The molecule has 0 saturated carbocycles. The molecule has 1 unspecified atom stereocenters. The summed E-state index contributed by atoms with van der Waals surface area (Å²) in [5, 5.41) is 0.635. The summed E-state index contributed by atoms with van der Waals surface area (Å²) < 4.78 is 10.8. The Morgan fingerprint density at radius 1 is 1.08 bits per heavy atom. The Labute approximate surface area is 147 Å². The lowest BCUT2D eigenvalue weighted by atomic mass is 10.0. The van der Waals surface area contributed by atoms with Gasteiger partial charge in [-0.1, -0.05) is 29.8 Å². The van der Waals surface area contributed by atoms with Crippen molar-refractivity contribution in [2.75, 3.05) is 0 Å². The van der Waals surface area contributed by atoms with Crippen LogP contribution in [0.5, 0.6) is 0 Å². The molecule has 0 bridgehead atoms. The maximum absolute atomic E-state index is 12.4. The van der Waals surface area contributed by atoms with Gasteiger partial charge in [-0.15, -0.1) is 0 Å². The molecule has 1 aromatic carbocycles. The van der Waals surface area contributed by atoms with Crippen molar-refractivity contribution in [3.63, 3.8) is 0 Å². The number of carbonyl (C=O) groups is 1. The van der Waals surface area contributed by atoms with E-state index in [1.54, 1.807) is 18.2 Å². The summed E-state index contributed by atoms with van der Waals surface area (Å²) in [6, 6.07) is 10.8. The van der Waals surface area contributed by atoms with E-state index in [4.69, 9.17) is 32.4 Å². The lowest BCUT2D eigenvalue weighted by molar-refractivity contribution is 0.0382. The fourth-order valence-corrected chi connectivity index (χ4v) is 3.11. The molecule has 24 heavy (non-hydrogen) atoms. The van der Waals surface area contributed by atoms with Crippen LogP contribution < -0.4 is 0 Å². The van der Waals surface area contributed by atoms with E-state index >= 15 is 0 Å². The van der Waals surface area contributed by atoms with Gasteiger partial charge in [0.1, 0.15) is 23.1 Å². The number of cyclic esters (lactones) is 1. The van der Waals surface area contributed by atoms with Gasteiger partial charge in [0.2, 0.25) is 5.28 Å². The maximum Gasteiger partial charge on any atom is 0.343 e. The van der Waals surface area contributed by atoms with E-state index in [1.165, 1.54) is 6.26 Å². The van der Waals surface area contributed by atoms with Gasteiger partial charge >= 0.3 is 5.97 Å². The van der Waals surface area contributed by atoms with Crippen LogP contribution >= 0.6 is 23.2 Å². The monoisotopic (exact) mass is 360 g/mol. The van der Waals surface area contributed by atoms with Gasteiger partial charge in [0.15, 0.2) is 5.76 Å².